The molecule has 0 saturated carbocycles. The Balaban J connectivity index is 1.87. The highest BCUT2D eigenvalue weighted by atomic mass is 79.9. The number of hydrogen-bond acceptors (Lipinski definition) is 3. The summed E-state index contributed by atoms with van der Waals surface area (Å²) in [5, 5.41) is 3.24. The molecule has 2 N–H and O–H groups in total. The zero-order valence-corrected chi connectivity index (χ0v) is 17.9. The van der Waals surface area contributed by atoms with Crippen molar-refractivity contribution in [2.75, 3.05) is 10.0 Å². The smallest absolute Gasteiger partial charge is 0.262 e. The average molecular weight is 480 g/mol. The van der Waals surface area contributed by atoms with Crippen LogP contribution >= 0.6 is 27.5 Å². The summed E-state index contributed by atoms with van der Waals surface area (Å²) in [6, 6.07) is 18.1. The van der Waals surface area contributed by atoms with Crippen molar-refractivity contribution in [2.45, 2.75) is 11.8 Å². The minimum atomic E-state index is -3.84. The lowest BCUT2D eigenvalue weighted by Crippen LogP contribution is -2.16. The lowest BCUT2D eigenvalue weighted by Gasteiger charge is -2.13. The van der Waals surface area contributed by atoms with Crippen LogP contribution in [-0.2, 0) is 10.0 Å². The largest absolute Gasteiger partial charge is 0.322 e. The number of amides is 1. The molecule has 0 aromatic heterocycles. The number of hydrogen-bond donors (Lipinski definition) is 2. The van der Waals surface area contributed by atoms with Gasteiger partial charge in [0.1, 0.15) is 0 Å². The first-order valence-electron chi connectivity index (χ1n) is 8.21. The summed E-state index contributed by atoms with van der Waals surface area (Å²) in [4.78, 5) is 12.6. The first kappa shape index (κ1) is 20.4. The van der Waals surface area contributed by atoms with Gasteiger partial charge in [0.2, 0.25) is 0 Å². The predicted octanol–water partition coefficient (Wildman–Crippen LogP) is 5.46. The number of nitrogens with one attached hydrogen (secondary N) is 2. The fourth-order valence-corrected chi connectivity index (χ4v) is 4.46. The number of benzene rings is 3. The fraction of sp³-hybridized carbons (Fsp3) is 0.0500. The van der Waals surface area contributed by atoms with Gasteiger partial charge < -0.3 is 5.32 Å². The SMILES string of the molecule is Cc1ccc(NC(=O)c2ccccc2Br)cc1S(=O)(=O)Nc1ccc(Cl)cc1. The summed E-state index contributed by atoms with van der Waals surface area (Å²) < 4.78 is 28.8. The third-order valence-electron chi connectivity index (χ3n) is 3.95. The molecule has 3 rings (SSSR count). The van der Waals surface area contributed by atoms with Crippen LogP contribution < -0.4 is 10.0 Å². The number of halogens is 2. The molecular formula is C20H16BrClN2O3S. The van der Waals surface area contributed by atoms with Crippen LogP contribution in [0.1, 0.15) is 15.9 Å². The fourth-order valence-electron chi connectivity index (χ4n) is 2.54. The predicted molar refractivity (Wildman–Crippen MR) is 116 cm³/mol. The van der Waals surface area contributed by atoms with Crippen molar-refractivity contribution in [1.82, 2.24) is 0 Å². The molecule has 0 aliphatic rings. The molecule has 8 heteroatoms. The van der Waals surface area contributed by atoms with Gasteiger partial charge in [-0.05, 0) is 76.9 Å². The number of carbonyl (C=O) groups is 1. The van der Waals surface area contributed by atoms with Crippen molar-refractivity contribution in [1.29, 1.82) is 0 Å². The minimum absolute atomic E-state index is 0.0763. The molecule has 0 aliphatic heterocycles. The van der Waals surface area contributed by atoms with Crippen molar-refractivity contribution in [3.63, 3.8) is 0 Å². The molecule has 0 radical (unpaired) electrons. The maximum Gasteiger partial charge on any atom is 0.262 e. The topological polar surface area (TPSA) is 75.3 Å². The zero-order chi connectivity index (χ0) is 20.3. The van der Waals surface area contributed by atoms with Crippen LogP contribution in [0.15, 0.2) is 76.1 Å². The maximum absolute atomic E-state index is 12.8. The van der Waals surface area contributed by atoms with Crippen molar-refractivity contribution >= 4 is 54.8 Å². The second-order valence-electron chi connectivity index (χ2n) is 6.03. The van der Waals surface area contributed by atoms with Crippen molar-refractivity contribution < 1.29 is 13.2 Å². The Morgan fingerprint density at radius 1 is 0.964 bits per heavy atom. The van der Waals surface area contributed by atoms with Gasteiger partial charge in [0, 0.05) is 20.9 Å². The van der Waals surface area contributed by atoms with Crippen molar-refractivity contribution in [3.8, 4) is 0 Å². The van der Waals surface area contributed by atoms with E-state index in [2.05, 4.69) is 26.0 Å². The van der Waals surface area contributed by atoms with Crippen LogP contribution in [-0.4, -0.2) is 14.3 Å². The van der Waals surface area contributed by atoms with E-state index < -0.39 is 10.0 Å². The molecule has 5 nitrogen and oxygen atoms in total. The molecule has 1 amide bonds. The van der Waals surface area contributed by atoms with E-state index in [1.165, 1.54) is 6.07 Å². The van der Waals surface area contributed by atoms with Gasteiger partial charge >= 0.3 is 0 Å². The van der Waals surface area contributed by atoms with Crippen molar-refractivity contribution in [2.24, 2.45) is 0 Å². The molecule has 3 aromatic rings. The molecule has 144 valence electrons. The van der Waals surface area contributed by atoms with Crippen LogP contribution in [0, 0.1) is 6.92 Å². The summed E-state index contributed by atoms with van der Waals surface area (Å²) in [6.07, 6.45) is 0. The van der Waals surface area contributed by atoms with Gasteiger partial charge in [-0.2, -0.15) is 0 Å². The highest BCUT2D eigenvalue weighted by molar-refractivity contribution is 9.10. The molecule has 0 fully saturated rings. The molecular weight excluding hydrogens is 464 g/mol. The molecule has 0 saturated heterocycles. The highest BCUT2D eigenvalue weighted by Gasteiger charge is 2.19. The number of sulfonamides is 1. The van der Waals surface area contributed by atoms with E-state index in [4.69, 9.17) is 11.6 Å². The Morgan fingerprint density at radius 3 is 2.29 bits per heavy atom. The molecule has 0 aliphatic carbocycles. The van der Waals surface area contributed by atoms with Gasteiger partial charge in [-0.15, -0.1) is 0 Å². The number of anilines is 2. The Bertz CT molecular complexity index is 1130. The van der Waals surface area contributed by atoms with Gasteiger partial charge in [-0.1, -0.05) is 29.8 Å². The Morgan fingerprint density at radius 2 is 1.61 bits per heavy atom. The Hall–Kier alpha value is -2.35. The molecule has 0 unspecified atom stereocenters. The molecule has 0 spiro atoms. The van der Waals surface area contributed by atoms with Gasteiger partial charge in [0.15, 0.2) is 0 Å². The normalized spacial score (nSPS) is 11.1. The summed E-state index contributed by atoms with van der Waals surface area (Å²) in [6.45, 7) is 1.69. The highest BCUT2D eigenvalue weighted by Crippen LogP contribution is 2.25. The third kappa shape index (κ3) is 4.73. The second-order valence-corrected chi connectivity index (χ2v) is 8.97. The Labute approximate surface area is 176 Å². The Kier molecular flexibility index (Phi) is 6.07. The molecule has 0 bridgehead atoms. The number of rotatable bonds is 5. The first-order valence-corrected chi connectivity index (χ1v) is 10.9. The van der Waals surface area contributed by atoms with Gasteiger partial charge in [0.05, 0.1) is 10.5 Å². The van der Waals surface area contributed by atoms with Gasteiger partial charge in [-0.3, -0.25) is 9.52 Å². The lowest BCUT2D eigenvalue weighted by molar-refractivity contribution is 0.102. The molecule has 28 heavy (non-hydrogen) atoms. The van der Waals surface area contributed by atoms with E-state index in [0.717, 1.165) is 0 Å². The third-order valence-corrected chi connectivity index (χ3v) is 6.42. The van der Waals surface area contributed by atoms with Crippen LogP contribution in [0.5, 0.6) is 0 Å². The summed E-state index contributed by atoms with van der Waals surface area (Å²) in [7, 11) is -3.84. The van der Waals surface area contributed by atoms with E-state index in [1.54, 1.807) is 67.6 Å². The lowest BCUT2D eigenvalue weighted by atomic mass is 10.2. The van der Waals surface area contributed by atoms with Gasteiger partial charge in [-0.25, -0.2) is 8.42 Å². The first-order chi connectivity index (χ1) is 13.3. The van der Waals surface area contributed by atoms with Crippen molar-refractivity contribution in [3.05, 3.63) is 87.4 Å². The van der Waals surface area contributed by atoms with E-state index in [9.17, 15) is 13.2 Å². The van der Waals surface area contributed by atoms with Crippen LogP contribution in [0.4, 0.5) is 11.4 Å². The van der Waals surface area contributed by atoms with E-state index >= 15 is 0 Å². The van der Waals surface area contributed by atoms with Gasteiger partial charge in [0.25, 0.3) is 15.9 Å². The standard InChI is InChI=1S/C20H16BrClN2O3S/c1-13-6-9-16(23-20(25)17-4-2-3-5-18(17)21)12-19(13)28(26,27)24-15-10-7-14(22)8-11-15/h2-12,24H,1H3,(H,23,25). The molecule has 0 atom stereocenters. The number of carbonyl (C=O) groups excluding carboxylic acids is 1. The second kappa shape index (κ2) is 8.34. The van der Waals surface area contributed by atoms with Crippen LogP contribution in [0.3, 0.4) is 0 Å². The molecule has 3 aromatic carbocycles. The van der Waals surface area contributed by atoms with E-state index in [0.29, 0.717) is 32.0 Å². The minimum Gasteiger partial charge on any atom is -0.322 e. The maximum atomic E-state index is 12.8. The van der Waals surface area contributed by atoms with E-state index in [-0.39, 0.29) is 10.8 Å². The summed E-state index contributed by atoms with van der Waals surface area (Å²) in [5.41, 5.74) is 1.78. The van der Waals surface area contributed by atoms with E-state index in [1.807, 2.05) is 0 Å². The quantitative estimate of drug-likeness (QED) is 0.510. The monoisotopic (exact) mass is 478 g/mol. The zero-order valence-electron chi connectivity index (χ0n) is 14.7. The number of aryl methyl sites for hydroxylation is 1. The van der Waals surface area contributed by atoms with Crippen LogP contribution in [0.2, 0.25) is 5.02 Å². The summed E-state index contributed by atoms with van der Waals surface area (Å²) >= 11 is 9.17. The summed E-state index contributed by atoms with van der Waals surface area (Å²) in [5.74, 6) is -0.342. The van der Waals surface area contributed by atoms with Crippen LogP contribution in [0.25, 0.3) is 0 Å². The molecule has 0 heterocycles. The average Bonchev–Trinajstić information content (AvgIpc) is 2.65.